The predicted octanol–water partition coefficient (Wildman–Crippen LogP) is 1.44. The molecule has 1 saturated heterocycles. The lowest BCUT2D eigenvalue weighted by Crippen LogP contribution is -2.51. The van der Waals surface area contributed by atoms with Gasteiger partial charge in [0, 0.05) is 29.8 Å². The number of aryl methyl sites for hydroxylation is 1. The topological polar surface area (TPSA) is 70.2 Å². The number of carbonyl (C=O) groups is 2. The van der Waals surface area contributed by atoms with Gasteiger partial charge in [-0.3, -0.25) is 9.59 Å². The van der Waals surface area contributed by atoms with Crippen molar-refractivity contribution in [3.63, 3.8) is 0 Å². The summed E-state index contributed by atoms with van der Waals surface area (Å²) in [6, 6.07) is 5.98. The molecule has 5 nitrogen and oxygen atoms in total. The van der Waals surface area contributed by atoms with E-state index < -0.39 is 0 Å². The van der Waals surface area contributed by atoms with Crippen LogP contribution in [0.5, 0.6) is 0 Å². The second-order valence-corrected chi connectivity index (χ2v) is 5.89. The largest absolute Gasteiger partial charge is 0.348 e. The van der Waals surface area contributed by atoms with Gasteiger partial charge < -0.3 is 16.0 Å². The number of fused-ring (bicyclic) bond motifs is 1. The lowest BCUT2D eigenvalue weighted by atomic mass is 9.98. The van der Waals surface area contributed by atoms with Crippen LogP contribution in [-0.2, 0) is 11.2 Å². The molecule has 2 atom stereocenters. The van der Waals surface area contributed by atoms with Crippen LogP contribution in [0.2, 0.25) is 0 Å². The zero-order valence-electron chi connectivity index (χ0n) is 12.2. The van der Waals surface area contributed by atoms with E-state index in [1.54, 1.807) is 6.07 Å². The molecule has 1 aromatic rings. The molecule has 2 unspecified atom stereocenters. The zero-order chi connectivity index (χ0) is 14.8. The first-order chi connectivity index (χ1) is 10.1. The molecular weight excluding hydrogens is 266 g/mol. The fourth-order valence-electron chi connectivity index (χ4n) is 3.02. The van der Waals surface area contributed by atoms with E-state index >= 15 is 0 Å². The maximum absolute atomic E-state index is 12.4. The summed E-state index contributed by atoms with van der Waals surface area (Å²) in [5, 5.41) is 9.33. The molecule has 5 heteroatoms. The summed E-state index contributed by atoms with van der Waals surface area (Å²) in [5.74, 6) is 0.0112. The Morgan fingerprint density at radius 2 is 2.19 bits per heavy atom. The van der Waals surface area contributed by atoms with E-state index in [1.807, 2.05) is 12.1 Å². The molecule has 1 aromatic carbocycles. The minimum Gasteiger partial charge on any atom is -0.348 e. The number of anilines is 1. The van der Waals surface area contributed by atoms with E-state index in [2.05, 4.69) is 22.9 Å². The highest BCUT2D eigenvalue weighted by Gasteiger charge is 2.23. The Morgan fingerprint density at radius 3 is 3.00 bits per heavy atom. The summed E-state index contributed by atoms with van der Waals surface area (Å²) >= 11 is 0. The molecule has 2 amide bonds. The van der Waals surface area contributed by atoms with Gasteiger partial charge in [0.15, 0.2) is 0 Å². The van der Waals surface area contributed by atoms with Gasteiger partial charge in [0.05, 0.1) is 0 Å². The number of carbonyl (C=O) groups excluding carboxylic acids is 2. The third kappa shape index (κ3) is 3.08. The molecule has 2 heterocycles. The van der Waals surface area contributed by atoms with Gasteiger partial charge in [-0.05, 0) is 56.5 Å². The number of nitrogens with one attached hydrogen (secondary N) is 3. The fourth-order valence-corrected chi connectivity index (χ4v) is 3.02. The number of rotatable bonds is 2. The van der Waals surface area contributed by atoms with E-state index in [1.165, 1.54) is 0 Å². The van der Waals surface area contributed by atoms with Crippen LogP contribution in [0.3, 0.4) is 0 Å². The van der Waals surface area contributed by atoms with Crippen molar-refractivity contribution in [2.24, 2.45) is 0 Å². The van der Waals surface area contributed by atoms with Crippen LogP contribution in [0.15, 0.2) is 18.2 Å². The van der Waals surface area contributed by atoms with Crippen LogP contribution in [0.25, 0.3) is 0 Å². The highest BCUT2D eigenvalue weighted by Crippen LogP contribution is 2.23. The highest BCUT2D eigenvalue weighted by atomic mass is 16.2. The zero-order valence-corrected chi connectivity index (χ0v) is 12.2. The van der Waals surface area contributed by atoms with Crippen LogP contribution in [0.4, 0.5) is 5.69 Å². The number of benzene rings is 1. The minimum atomic E-state index is -0.0322. The van der Waals surface area contributed by atoms with Crippen LogP contribution in [0, 0.1) is 0 Å². The smallest absolute Gasteiger partial charge is 0.251 e. The predicted molar refractivity (Wildman–Crippen MR) is 81.3 cm³/mol. The van der Waals surface area contributed by atoms with Crippen molar-refractivity contribution in [2.45, 2.75) is 44.7 Å². The summed E-state index contributed by atoms with van der Waals surface area (Å²) in [5.41, 5.74) is 2.54. The molecule has 0 bridgehead atoms. The molecule has 3 rings (SSSR count). The Kier molecular flexibility index (Phi) is 3.92. The molecule has 2 aliphatic rings. The molecule has 0 saturated carbocycles. The minimum absolute atomic E-state index is 0.0322. The first kappa shape index (κ1) is 14.1. The Labute approximate surface area is 124 Å². The van der Waals surface area contributed by atoms with Crippen molar-refractivity contribution >= 4 is 17.5 Å². The summed E-state index contributed by atoms with van der Waals surface area (Å²) in [6.45, 7) is 3.12. The first-order valence-electron chi connectivity index (χ1n) is 7.60. The summed E-state index contributed by atoms with van der Waals surface area (Å²) in [4.78, 5) is 23.7. The first-order valence-corrected chi connectivity index (χ1v) is 7.60. The SMILES string of the molecule is CC1NCCCC1NC(=O)c1ccc2c(c1)CCC(=O)N2. The molecule has 2 aliphatic heterocycles. The van der Waals surface area contributed by atoms with Crippen molar-refractivity contribution in [3.05, 3.63) is 29.3 Å². The number of hydrogen-bond acceptors (Lipinski definition) is 3. The summed E-state index contributed by atoms with van der Waals surface area (Å²) in [6.07, 6.45) is 3.29. The van der Waals surface area contributed by atoms with Crippen molar-refractivity contribution in [1.29, 1.82) is 0 Å². The summed E-state index contributed by atoms with van der Waals surface area (Å²) in [7, 11) is 0. The summed E-state index contributed by atoms with van der Waals surface area (Å²) < 4.78 is 0. The average molecular weight is 287 g/mol. The highest BCUT2D eigenvalue weighted by molar-refractivity contribution is 5.98. The van der Waals surface area contributed by atoms with Crippen molar-refractivity contribution in [2.75, 3.05) is 11.9 Å². The van der Waals surface area contributed by atoms with E-state index in [9.17, 15) is 9.59 Å². The van der Waals surface area contributed by atoms with Gasteiger partial charge in [-0.15, -0.1) is 0 Å². The maximum atomic E-state index is 12.4. The Bertz CT molecular complexity index is 571. The Balaban J connectivity index is 1.71. The monoisotopic (exact) mass is 287 g/mol. The molecule has 112 valence electrons. The Hall–Kier alpha value is -1.88. The van der Waals surface area contributed by atoms with Gasteiger partial charge >= 0.3 is 0 Å². The van der Waals surface area contributed by atoms with Crippen molar-refractivity contribution in [3.8, 4) is 0 Å². The van der Waals surface area contributed by atoms with Gasteiger partial charge in [-0.2, -0.15) is 0 Å². The normalized spacial score (nSPS) is 24.9. The number of hydrogen-bond donors (Lipinski definition) is 3. The van der Waals surface area contributed by atoms with E-state index in [-0.39, 0.29) is 17.9 Å². The molecule has 0 radical (unpaired) electrons. The van der Waals surface area contributed by atoms with E-state index in [0.717, 1.165) is 30.6 Å². The maximum Gasteiger partial charge on any atom is 0.251 e. The standard InChI is InChI=1S/C16H21N3O2/c1-10-13(3-2-8-17-10)19-16(21)12-4-6-14-11(9-12)5-7-15(20)18-14/h4,6,9-10,13,17H,2-3,5,7-8H2,1H3,(H,18,20)(H,19,21). The molecule has 1 fully saturated rings. The van der Waals surface area contributed by atoms with Crippen LogP contribution in [0.1, 0.15) is 42.1 Å². The third-order valence-electron chi connectivity index (χ3n) is 4.34. The van der Waals surface area contributed by atoms with Gasteiger partial charge in [-0.1, -0.05) is 0 Å². The molecular formula is C16H21N3O2. The second-order valence-electron chi connectivity index (χ2n) is 5.89. The quantitative estimate of drug-likeness (QED) is 0.771. The van der Waals surface area contributed by atoms with Gasteiger partial charge in [0.1, 0.15) is 0 Å². The number of piperidine rings is 1. The molecule has 21 heavy (non-hydrogen) atoms. The van der Waals surface area contributed by atoms with Crippen LogP contribution < -0.4 is 16.0 Å². The fraction of sp³-hybridized carbons (Fsp3) is 0.500. The van der Waals surface area contributed by atoms with Crippen LogP contribution in [-0.4, -0.2) is 30.4 Å². The van der Waals surface area contributed by atoms with Gasteiger partial charge in [0.25, 0.3) is 5.91 Å². The van der Waals surface area contributed by atoms with Gasteiger partial charge in [0.2, 0.25) is 5.91 Å². The molecule has 0 aliphatic carbocycles. The number of amides is 2. The molecule has 3 N–H and O–H groups in total. The van der Waals surface area contributed by atoms with Gasteiger partial charge in [-0.25, -0.2) is 0 Å². The van der Waals surface area contributed by atoms with Crippen molar-refractivity contribution < 1.29 is 9.59 Å². The lowest BCUT2D eigenvalue weighted by Gasteiger charge is -2.30. The molecule has 0 spiro atoms. The second kappa shape index (κ2) is 5.85. The lowest BCUT2D eigenvalue weighted by molar-refractivity contribution is -0.116. The van der Waals surface area contributed by atoms with E-state index in [0.29, 0.717) is 24.4 Å². The Morgan fingerprint density at radius 1 is 1.33 bits per heavy atom. The third-order valence-corrected chi connectivity index (χ3v) is 4.34. The van der Waals surface area contributed by atoms with Crippen LogP contribution >= 0.6 is 0 Å². The van der Waals surface area contributed by atoms with E-state index in [4.69, 9.17) is 0 Å². The average Bonchev–Trinajstić information content (AvgIpc) is 2.49. The molecule has 0 aromatic heterocycles. The van der Waals surface area contributed by atoms with Crippen molar-refractivity contribution in [1.82, 2.24) is 10.6 Å².